The van der Waals surface area contributed by atoms with Crippen LogP contribution in [0.2, 0.25) is 0 Å². The molecular weight excluding hydrogens is 446 g/mol. The summed E-state index contributed by atoms with van der Waals surface area (Å²) in [4.78, 5) is 19.0. The van der Waals surface area contributed by atoms with E-state index in [9.17, 15) is 13.2 Å². The average Bonchev–Trinajstić information content (AvgIpc) is 3.28. The highest BCUT2D eigenvalue weighted by molar-refractivity contribution is 7.89. The number of aromatic nitrogens is 1. The lowest BCUT2D eigenvalue weighted by molar-refractivity contribution is -0.132. The first kappa shape index (κ1) is 23.1. The lowest BCUT2D eigenvalue weighted by atomic mass is 9.96. The van der Waals surface area contributed by atoms with E-state index in [-0.39, 0.29) is 29.7 Å². The van der Waals surface area contributed by atoms with E-state index < -0.39 is 10.0 Å². The summed E-state index contributed by atoms with van der Waals surface area (Å²) in [5.74, 6) is 1.56. The fourth-order valence-electron chi connectivity index (χ4n) is 3.96. The number of carbonyl (C=O) groups is 1. The van der Waals surface area contributed by atoms with Crippen molar-refractivity contribution in [1.82, 2.24) is 14.6 Å². The number of para-hydroxylation sites is 2. The van der Waals surface area contributed by atoms with Crippen LogP contribution in [0.15, 0.2) is 51.8 Å². The van der Waals surface area contributed by atoms with Crippen molar-refractivity contribution in [1.29, 1.82) is 0 Å². The van der Waals surface area contributed by atoms with Crippen molar-refractivity contribution >= 4 is 27.0 Å². The van der Waals surface area contributed by atoms with E-state index in [0.717, 1.165) is 23.9 Å². The number of rotatable bonds is 8. The Morgan fingerprint density at radius 2 is 1.85 bits per heavy atom. The van der Waals surface area contributed by atoms with Gasteiger partial charge in [0.25, 0.3) is 0 Å². The van der Waals surface area contributed by atoms with Gasteiger partial charge in [0, 0.05) is 38.0 Å². The molecule has 33 heavy (non-hydrogen) atoms. The van der Waals surface area contributed by atoms with Gasteiger partial charge in [0.05, 0.1) is 19.1 Å². The van der Waals surface area contributed by atoms with Gasteiger partial charge in [0.15, 0.2) is 23.0 Å². The Labute approximate surface area is 192 Å². The number of nitrogens with zero attached hydrogens (tertiary/aromatic N) is 2. The van der Waals surface area contributed by atoms with Crippen LogP contribution >= 0.6 is 0 Å². The Morgan fingerprint density at radius 3 is 2.55 bits per heavy atom. The zero-order valence-electron chi connectivity index (χ0n) is 18.6. The number of sulfonamides is 1. The quantitative estimate of drug-likeness (QED) is 0.535. The van der Waals surface area contributed by atoms with Crippen LogP contribution in [-0.4, -0.2) is 58.1 Å². The molecule has 4 rings (SSSR count). The number of fused-ring (bicyclic) bond motifs is 1. The summed E-state index contributed by atoms with van der Waals surface area (Å²) < 4.78 is 43.8. The zero-order chi connectivity index (χ0) is 23.4. The standard InChI is InChI=1S/C23H27N3O6S/c1-30-20-8-7-17(15-21(20)31-2)33(28,29)24-12-9-22(27)26-13-10-16(11-14-26)23-25-18-5-3-4-6-19(18)32-23/h3-8,15-16,24H,9-14H2,1-2H3. The van der Waals surface area contributed by atoms with Crippen molar-refractivity contribution in [3.63, 3.8) is 0 Å². The Morgan fingerprint density at radius 1 is 1.12 bits per heavy atom. The number of hydrogen-bond donors (Lipinski definition) is 1. The van der Waals surface area contributed by atoms with Gasteiger partial charge < -0.3 is 18.8 Å². The van der Waals surface area contributed by atoms with Gasteiger partial charge >= 0.3 is 0 Å². The van der Waals surface area contributed by atoms with Crippen molar-refractivity contribution in [2.75, 3.05) is 33.9 Å². The van der Waals surface area contributed by atoms with Gasteiger partial charge in [0.2, 0.25) is 15.9 Å². The molecule has 10 heteroatoms. The Bertz CT molecular complexity index is 1200. The molecule has 9 nitrogen and oxygen atoms in total. The smallest absolute Gasteiger partial charge is 0.240 e. The number of hydrogen-bond acceptors (Lipinski definition) is 7. The third-order valence-electron chi connectivity index (χ3n) is 5.80. The number of likely N-dealkylation sites (tertiary alicyclic amines) is 1. The average molecular weight is 474 g/mol. The summed E-state index contributed by atoms with van der Waals surface area (Å²) in [5.41, 5.74) is 1.61. The lowest BCUT2D eigenvalue weighted by Crippen LogP contribution is -2.39. The van der Waals surface area contributed by atoms with Crippen LogP contribution < -0.4 is 14.2 Å². The molecular formula is C23H27N3O6S. The fourth-order valence-corrected chi connectivity index (χ4v) is 5.00. The third kappa shape index (κ3) is 5.12. The van der Waals surface area contributed by atoms with Crippen molar-refractivity contribution in [2.45, 2.75) is 30.1 Å². The van der Waals surface area contributed by atoms with E-state index in [1.807, 2.05) is 24.3 Å². The van der Waals surface area contributed by atoms with E-state index in [0.29, 0.717) is 30.5 Å². The first-order chi connectivity index (χ1) is 15.9. The summed E-state index contributed by atoms with van der Waals surface area (Å²) in [7, 11) is -0.862. The molecule has 0 bridgehead atoms. The predicted molar refractivity (Wildman–Crippen MR) is 122 cm³/mol. The second kappa shape index (κ2) is 9.80. The van der Waals surface area contributed by atoms with Gasteiger partial charge in [-0.05, 0) is 37.1 Å². The minimum absolute atomic E-state index is 0.0145. The van der Waals surface area contributed by atoms with Crippen LogP contribution in [-0.2, 0) is 14.8 Å². The molecule has 0 spiro atoms. The Kier molecular flexibility index (Phi) is 6.85. The molecule has 2 aromatic carbocycles. The van der Waals surface area contributed by atoms with E-state index >= 15 is 0 Å². The maximum atomic E-state index is 12.6. The maximum absolute atomic E-state index is 12.6. The van der Waals surface area contributed by atoms with E-state index in [2.05, 4.69) is 9.71 Å². The fraction of sp³-hybridized carbons (Fsp3) is 0.391. The SMILES string of the molecule is COc1ccc(S(=O)(=O)NCCC(=O)N2CCC(c3nc4ccccc4o3)CC2)cc1OC. The molecule has 1 amide bonds. The number of carbonyl (C=O) groups excluding carboxylic acids is 1. The second-order valence-corrected chi connectivity index (χ2v) is 9.61. The summed E-state index contributed by atoms with van der Waals surface area (Å²) in [6.45, 7) is 1.19. The molecule has 1 saturated heterocycles. The van der Waals surface area contributed by atoms with E-state index in [1.54, 1.807) is 4.90 Å². The molecule has 0 unspecified atom stereocenters. The Balaban J connectivity index is 1.28. The second-order valence-electron chi connectivity index (χ2n) is 7.84. The van der Waals surface area contributed by atoms with Crippen LogP contribution in [0.1, 0.15) is 31.1 Å². The molecule has 1 N–H and O–H groups in total. The Hall–Kier alpha value is -3.11. The number of ether oxygens (including phenoxy) is 2. The minimum Gasteiger partial charge on any atom is -0.493 e. The van der Waals surface area contributed by atoms with E-state index in [1.165, 1.54) is 32.4 Å². The van der Waals surface area contributed by atoms with Gasteiger partial charge in [-0.3, -0.25) is 4.79 Å². The van der Waals surface area contributed by atoms with Crippen LogP contribution in [0.3, 0.4) is 0 Å². The maximum Gasteiger partial charge on any atom is 0.240 e. The molecule has 1 aliphatic rings. The molecule has 0 radical (unpaired) electrons. The van der Waals surface area contributed by atoms with Gasteiger partial charge in [0.1, 0.15) is 5.52 Å². The highest BCUT2D eigenvalue weighted by atomic mass is 32.2. The number of nitrogens with one attached hydrogen (secondary N) is 1. The topological polar surface area (TPSA) is 111 Å². The highest BCUT2D eigenvalue weighted by Crippen LogP contribution is 2.31. The number of oxazole rings is 1. The molecule has 1 aromatic heterocycles. The predicted octanol–water partition coefficient (Wildman–Crippen LogP) is 2.92. The van der Waals surface area contributed by atoms with Gasteiger partial charge in [-0.1, -0.05) is 12.1 Å². The van der Waals surface area contributed by atoms with Crippen LogP contribution in [0.5, 0.6) is 11.5 Å². The molecule has 1 fully saturated rings. The van der Waals surface area contributed by atoms with Gasteiger partial charge in [-0.25, -0.2) is 18.1 Å². The monoisotopic (exact) mass is 473 g/mol. The first-order valence-corrected chi connectivity index (χ1v) is 12.2. The van der Waals surface area contributed by atoms with Gasteiger partial charge in [-0.2, -0.15) is 0 Å². The number of amides is 1. The normalized spacial score (nSPS) is 15.0. The molecule has 176 valence electrons. The molecule has 0 saturated carbocycles. The van der Waals surface area contributed by atoms with E-state index in [4.69, 9.17) is 13.9 Å². The van der Waals surface area contributed by atoms with Crippen molar-refractivity contribution in [3.05, 3.63) is 48.4 Å². The van der Waals surface area contributed by atoms with Gasteiger partial charge in [-0.15, -0.1) is 0 Å². The minimum atomic E-state index is -3.78. The number of methoxy groups -OCH3 is 2. The van der Waals surface area contributed by atoms with Crippen LogP contribution in [0, 0.1) is 0 Å². The molecule has 0 aliphatic carbocycles. The van der Waals surface area contributed by atoms with Crippen LogP contribution in [0.4, 0.5) is 0 Å². The molecule has 3 aromatic rings. The lowest BCUT2D eigenvalue weighted by Gasteiger charge is -2.30. The van der Waals surface area contributed by atoms with Crippen molar-refractivity contribution in [3.8, 4) is 11.5 Å². The van der Waals surface area contributed by atoms with Crippen molar-refractivity contribution in [2.24, 2.45) is 0 Å². The summed E-state index contributed by atoms with van der Waals surface area (Å²) in [5, 5.41) is 0. The number of piperidine rings is 1. The highest BCUT2D eigenvalue weighted by Gasteiger charge is 2.27. The zero-order valence-corrected chi connectivity index (χ0v) is 19.4. The van der Waals surface area contributed by atoms with Crippen LogP contribution in [0.25, 0.3) is 11.1 Å². The largest absolute Gasteiger partial charge is 0.493 e. The summed E-state index contributed by atoms with van der Waals surface area (Å²) in [6.07, 6.45) is 1.60. The third-order valence-corrected chi connectivity index (χ3v) is 7.26. The molecule has 2 heterocycles. The molecule has 1 aliphatic heterocycles. The van der Waals surface area contributed by atoms with Crippen molar-refractivity contribution < 1.29 is 27.1 Å². The first-order valence-electron chi connectivity index (χ1n) is 10.8. The summed E-state index contributed by atoms with van der Waals surface area (Å²) in [6, 6.07) is 12.0. The number of benzene rings is 2. The molecule has 0 atom stereocenters. The summed E-state index contributed by atoms with van der Waals surface area (Å²) >= 11 is 0.